The van der Waals surface area contributed by atoms with E-state index < -0.39 is 5.97 Å². The van der Waals surface area contributed by atoms with E-state index in [0.717, 1.165) is 0 Å². The van der Waals surface area contributed by atoms with Gasteiger partial charge in [0.1, 0.15) is 0 Å². The maximum Gasteiger partial charge on any atom is 0.330 e. The Morgan fingerprint density at radius 1 is 1.38 bits per heavy atom. The van der Waals surface area contributed by atoms with Crippen molar-refractivity contribution in [1.29, 1.82) is 0 Å². The first-order valence-corrected chi connectivity index (χ1v) is 5.38. The second-order valence-electron chi connectivity index (χ2n) is 4.46. The van der Waals surface area contributed by atoms with E-state index in [1.54, 1.807) is 13.0 Å². The van der Waals surface area contributed by atoms with Crippen LogP contribution in [0.1, 0.15) is 20.8 Å². The van der Waals surface area contributed by atoms with Crippen molar-refractivity contribution in [2.24, 2.45) is 17.3 Å². The zero-order valence-corrected chi connectivity index (χ0v) is 10.1. The molecular formula is C12H18O4. The zero-order chi connectivity index (χ0) is 12.3. The Bertz CT molecular complexity index is 317. The van der Waals surface area contributed by atoms with E-state index in [2.05, 4.69) is 4.74 Å². The van der Waals surface area contributed by atoms with E-state index in [4.69, 9.17) is 4.74 Å². The van der Waals surface area contributed by atoms with Crippen LogP contribution in [-0.2, 0) is 19.1 Å². The number of carbonyl (C=O) groups excluding carboxylic acids is 2. The maximum atomic E-state index is 11.6. The number of ether oxygens (including phenoxy) is 2. The van der Waals surface area contributed by atoms with E-state index in [0.29, 0.717) is 6.61 Å². The van der Waals surface area contributed by atoms with Crippen molar-refractivity contribution in [3.8, 4) is 0 Å². The molecule has 0 aromatic heterocycles. The van der Waals surface area contributed by atoms with Crippen molar-refractivity contribution in [1.82, 2.24) is 0 Å². The van der Waals surface area contributed by atoms with Crippen LogP contribution in [0.4, 0.5) is 0 Å². The maximum absolute atomic E-state index is 11.6. The van der Waals surface area contributed by atoms with Crippen LogP contribution < -0.4 is 0 Å². The smallest absolute Gasteiger partial charge is 0.330 e. The molecule has 1 saturated carbocycles. The molecule has 0 aliphatic heterocycles. The molecule has 16 heavy (non-hydrogen) atoms. The molecule has 0 N–H and O–H groups in total. The van der Waals surface area contributed by atoms with Crippen LogP contribution in [0.5, 0.6) is 0 Å². The first-order valence-electron chi connectivity index (χ1n) is 5.38. The van der Waals surface area contributed by atoms with Gasteiger partial charge < -0.3 is 9.47 Å². The van der Waals surface area contributed by atoms with Crippen LogP contribution >= 0.6 is 0 Å². The molecule has 2 atom stereocenters. The highest BCUT2D eigenvalue weighted by molar-refractivity contribution is 5.83. The number of esters is 2. The van der Waals surface area contributed by atoms with Gasteiger partial charge in [-0.15, -0.1) is 0 Å². The minimum Gasteiger partial charge on any atom is -0.466 e. The summed E-state index contributed by atoms with van der Waals surface area (Å²) >= 11 is 0. The monoisotopic (exact) mass is 226 g/mol. The predicted octanol–water partition coefficient (Wildman–Crippen LogP) is 1.55. The molecule has 0 aromatic carbocycles. The van der Waals surface area contributed by atoms with Crippen molar-refractivity contribution < 1.29 is 19.1 Å². The summed E-state index contributed by atoms with van der Waals surface area (Å²) in [5.74, 6) is -0.670. The number of hydrogen-bond acceptors (Lipinski definition) is 4. The lowest BCUT2D eigenvalue weighted by Gasteiger charge is -2.01. The quantitative estimate of drug-likeness (QED) is 0.539. The molecule has 1 fully saturated rings. The van der Waals surface area contributed by atoms with Gasteiger partial charge >= 0.3 is 11.9 Å². The summed E-state index contributed by atoms with van der Waals surface area (Å²) in [6.07, 6.45) is 3.10. The summed E-state index contributed by atoms with van der Waals surface area (Å²) in [5.41, 5.74) is -0.128. The Labute approximate surface area is 95.6 Å². The molecule has 0 amide bonds. The third kappa shape index (κ3) is 2.43. The third-order valence-electron chi connectivity index (χ3n) is 3.09. The van der Waals surface area contributed by atoms with E-state index in [1.807, 2.05) is 13.8 Å². The van der Waals surface area contributed by atoms with Crippen molar-refractivity contribution in [2.75, 3.05) is 13.7 Å². The van der Waals surface area contributed by atoms with Crippen LogP contribution in [0.15, 0.2) is 12.2 Å². The summed E-state index contributed by atoms with van der Waals surface area (Å²) < 4.78 is 9.47. The first kappa shape index (κ1) is 12.7. The van der Waals surface area contributed by atoms with Crippen LogP contribution in [-0.4, -0.2) is 25.7 Å². The predicted molar refractivity (Wildman–Crippen MR) is 58.6 cm³/mol. The minimum atomic E-state index is -0.398. The number of carbonyl (C=O) groups is 2. The fourth-order valence-corrected chi connectivity index (χ4v) is 1.97. The van der Waals surface area contributed by atoms with Crippen LogP contribution in [0, 0.1) is 17.3 Å². The Morgan fingerprint density at radius 3 is 2.50 bits per heavy atom. The van der Waals surface area contributed by atoms with Crippen molar-refractivity contribution in [3.63, 3.8) is 0 Å². The molecule has 1 aliphatic carbocycles. The highest BCUT2D eigenvalue weighted by Crippen LogP contribution is 2.59. The molecule has 4 heteroatoms. The van der Waals surface area contributed by atoms with Gasteiger partial charge in [0, 0.05) is 6.08 Å². The average molecular weight is 226 g/mol. The molecular weight excluding hydrogens is 208 g/mol. The minimum absolute atomic E-state index is 0.0608. The third-order valence-corrected chi connectivity index (χ3v) is 3.09. The SMILES string of the molecule is CCOC(=O)[C@@H]1[C@H](/C=C/C(=O)OC)C1(C)C. The number of hydrogen-bond donors (Lipinski definition) is 0. The van der Waals surface area contributed by atoms with Gasteiger partial charge in [-0.1, -0.05) is 19.9 Å². The van der Waals surface area contributed by atoms with Crippen molar-refractivity contribution in [2.45, 2.75) is 20.8 Å². The molecule has 0 radical (unpaired) electrons. The lowest BCUT2D eigenvalue weighted by molar-refractivity contribution is -0.145. The number of allylic oxidation sites excluding steroid dienone is 1. The fraction of sp³-hybridized carbons (Fsp3) is 0.667. The summed E-state index contributed by atoms with van der Waals surface area (Å²) in [7, 11) is 1.33. The molecule has 0 bridgehead atoms. The standard InChI is InChI=1S/C12H18O4/c1-5-16-11(14)10-8(12(10,2)3)6-7-9(13)15-4/h6-8,10H,5H2,1-4H3/b7-6+/t8-,10-/m0/s1. The molecule has 4 nitrogen and oxygen atoms in total. The van der Waals surface area contributed by atoms with Gasteiger partial charge in [0.15, 0.2) is 0 Å². The molecule has 0 spiro atoms. The Morgan fingerprint density at radius 2 is 2.00 bits per heavy atom. The van der Waals surface area contributed by atoms with E-state index >= 15 is 0 Å². The normalized spacial score (nSPS) is 26.5. The summed E-state index contributed by atoms with van der Waals surface area (Å²) in [6, 6.07) is 0. The van der Waals surface area contributed by atoms with Gasteiger partial charge in [-0.25, -0.2) is 4.79 Å². The van der Waals surface area contributed by atoms with Crippen LogP contribution in [0.25, 0.3) is 0 Å². The van der Waals surface area contributed by atoms with E-state index in [9.17, 15) is 9.59 Å². The van der Waals surface area contributed by atoms with Gasteiger partial charge in [-0.3, -0.25) is 4.79 Å². The van der Waals surface area contributed by atoms with Gasteiger partial charge in [0.05, 0.1) is 19.6 Å². The van der Waals surface area contributed by atoms with Gasteiger partial charge in [-0.05, 0) is 18.3 Å². The largest absolute Gasteiger partial charge is 0.466 e. The molecule has 90 valence electrons. The molecule has 0 unspecified atom stereocenters. The first-order chi connectivity index (χ1) is 7.45. The van der Waals surface area contributed by atoms with Gasteiger partial charge in [0.25, 0.3) is 0 Å². The second-order valence-corrected chi connectivity index (χ2v) is 4.46. The average Bonchev–Trinajstić information content (AvgIpc) is 2.77. The molecule has 1 rings (SSSR count). The second kappa shape index (κ2) is 4.68. The zero-order valence-electron chi connectivity index (χ0n) is 10.1. The van der Waals surface area contributed by atoms with Crippen molar-refractivity contribution in [3.05, 3.63) is 12.2 Å². The van der Waals surface area contributed by atoms with E-state index in [1.165, 1.54) is 13.2 Å². The Hall–Kier alpha value is -1.32. The highest BCUT2D eigenvalue weighted by atomic mass is 16.5. The summed E-state index contributed by atoms with van der Waals surface area (Å²) in [6.45, 7) is 6.15. The Balaban J connectivity index is 2.60. The summed E-state index contributed by atoms with van der Waals surface area (Å²) in [4.78, 5) is 22.5. The topological polar surface area (TPSA) is 52.6 Å². The number of methoxy groups -OCH3 is 1. The molecule has 0 saturated heterocycles. The molecule has 1 aliphatic rings. The number of rotatable bonds is 4. The lowest BCUT2D eigenvalue weighted by Crippen LogP contribution is -2.10. The lowest BCUT2D eigenvalue weighted by atomic mass is 10.1. The van der Waals surface area contributed by atoms with Crippen molar-refractivity contribution >= 4 is 11.9 Å². The Kier molecular flexibility index (Phi) is 3.73. The van der Waals surface area contributed by atoms with Crippen LogP contribution in [0.3, 0.4) is 0 Å². The fourth-order valence-electron chi connectivity index (χ4n) is 1.97. The van der Waals surface area contributed by atoms with E-state index in [-0.39, 0.29) is 23.2 Å². The molecule has 0 aromatic rings. The van der Waals surface area contributed by atoms with Gasteiger partial charge in [-0.2, -0.15) is 0 Å². The van der Waals surface area contributed by atoms with Gasteiger partial charge in [0.2, 0.25) is 0 Å². The molecule has 0 heterocycles. The highest BCUT2D eigenvalue weighted by Gasteiger charge is 2.61. The van der Waals surface area contributed by atoms with Crippen LogP contribution in [0.2, 0.25) is 0 Å². The summed E-state index contributed by atoms with van der Waals surface area (Å²) in [5, 5.41) is 0.